The van der Waals surface area contributed by atoms with E-state index < -0.39 is 23.2 Å². The summed E-state index contributed by atoms with van der Waals surface area (Å²) in [5.41, 5.74) is -1.41. The van der Waals surface area contributed by atoms with E-state index in [0.717, 1.165) is 6.54 Å². The van der Waals surface area contributed by atoms with Crippen molar-refractivity contribution >= 4 is 12.1 Å². The van der Waals surface area contributed by atoms with E-state index in [2.05, 4.69) is 15.5 Å². The molecule has 1 aromatic rings. The lowest BCUT2D eigenvalue weighted by Crippen LogP contribution is -2.50. The first-order valence-corrected chi connectivity index (χ1v) is 7.84. The average molecular weight is 340 g/mol. The van der Waals surface area contributed by atoms with Crippen LogP contribution >= 0.6 is 0 Å². The van der Waals surface area contributed by atoms with Gasteiger partial charge in [-0.05, 0) is 34.2 Å². The summed E-state index contributed by atoms with van der Waals surface area (Å²) in [7, 11) is 1.93. The summed E-state index contributed by atoms with van der Waals surface area (Å²) >= 11 is 0. The van der Waals surface area contributed by atoms with Crippen LogP contribution in [0.2, 0.25) is 0 Å². The minimum absolute atomic E-state index is 0.0893. The van der Waals surface area contributed by atoms with Gasteiger partial charge in [-0.15, -0.1) is 0 Å². The fourth-order valence-electron chi connectivity index (χ4n) is 2.60. The number of rotatable bonds is 5. The van der Waals surface area contributed by atoms with Crippen LogP contribution in [-0.4, -0.2) is 57.9 Å². The van der Waals surface area contributed by atoms with Crippen molar-refractivity contribution in [3.8, 4) is 0 Å². The number of carbonyl (C=O) groups excluding carboxylic acids is 1. The van der Waals surface area contributed by atoms with Crippen molar-refractivity contribution in [1.29, 1.82) is 0 Å². The molecule has 2 N–H and O–H groups in total. The number of aryl methyl sites for hydroxylation is 1. The molecule has 1 fully saturated rings. The fraction of sp³-hybridized carbons (Fsp3) is 0.733. The molecule has 134 valence electrons. The molecule has 0 radical (unpaired) electrons. The van der Waals surface area contributed by atoms with Crippen LogP contribution in [-0.2, 0) is 21.5 Å². The van der Waals surface area contributed by atoms with Gasteiger partial charge in [0.25, 0.3) is 0 Å². The fourth-order valence-corrected chi connectivity index (χ4v) is 2.60. The van der Waals surface area contributed by atoms with Crippen LogP contribution in [0, 0.1) is 0 Å². The number of carboxylic acids is 1. The summed E-state index contributed by atoms with van der Waals surface area (Å²) in [6.45, 7) is 6.65. The number of carbonyl (C=O) groups is 2. The first kappa shape index (κ1) is 18.2. The van der Waals surface area contributed by atoms with Crippen molar-refractivity contribution in [2.24, 2.45) is 0 Å². The number of hydrogen-bond donors (Lipinski definition) is 2. The van der Waals surface area contributed by atoms with Gasteiger partial charge in [-0.3, -0.25) is 4.79 Å². The third-order valence-corrected chi connectivity index (χ3v) is 3.65. The third-order valence-electron chi connectivity index (χ3n) is 3.65. The van der Waals surface area contributed by atoms with Gasteiger partial charge in [0, 0.05) is 19.5 Å². The second kappa shape index (κ2) is 6.76. The minimum atomic E-state index is -0.933. The van der Waals surface area contributed by atoms with Crippen LogP contribution in [0.5, 0.6) is 0 Å². The van der Waals surface area contributed by atoms with Gasteiger partial charge in [-0.25, -0.2) is 4.79 Å². The van der Waals surface area contributed by atoms with Gasteiger partial charge in [0.2, 0.25) is 5.89 Å². The number of ether oxygens (including phenoxy) is 1. The van der Waals surface area contributed by atoms with E-state index in [1.165, 1.54) is 0 Å². The number of nitrogens with zero attached hydrogens (tertiary/aromatic N) is 3. The number of amides is 1. The zero-order valence-electron chi connectivity index (χ0n) is 14.5. The molecule has 9 nitrogen and oxygen atoms in total. The number of aromatic nitrogens is 2. The molecule has 0 bridgehead atoms. The normalized spacial score (nSPS) is 21.7. The first-order chi connectivity index (χ1) is 11.1. The Balaban J connectivity index is 2.16. The number of nitrogens with one attached hydrogen (secondary N) is 1. The van der Waals surface area contributed by atoms with Crippen molar-refractivity contribution < 1.29 is 24.0 Å². The number of likely N-dealkylation sites (N-methyl/N-ethyl adjacent to an activating group) is 1. The molecule has 1 aromatic heterocycles. The molecule has 1 amide bonds. The van der Waals surface area contributed by atoms with Crippen LogP contribution in [0.3, 0.4) is 0 Å². The maximum absolute atomic E-state index is 12.2. The van der Waals surface area contributed by atoms with Gasteiger partial charge in [0.15, 0.2) is 5.82 Å². The molecule has 24 heavy (non-hydrogen) atoms. The Morgan fingerprint density at radius 1 is 1.46 bits per heavy atom. The SMILES string of the molecule is CN1CCC(NC(=O)OC(C)(C)C)(c2noc(CCC(=O)O)n2)C1. The van der Waals surface area contributed by atoms with Crippen LogP contribution in [0.4, 0.5) is 4.79 Å². The van der Waals surface area contributed by atoms with Crippen LogP contribution in [0.25, 0.3) is 0 Å². The Kier molecular flexibility index (Phi) is 5.12. The molecule has 1 atom stereocenters. The minimum Gasteiger partial charge on any atom is -0.481 e. The third kappa shape index (κ3) is 4.67. The highest BCUT2D eigenvalue weighted by molar-refractivity contribution is 5.69. The largest absolute Gasteiger partial charge is 0.481 e. The van der Waals surface area contributed by atoms with Crippen molar-refractivity contribution in [2.75, 3.05) is 20.1 Å². The molecule has 9 heteroatoms. The number of aliphatic carboxylic acids is 1. The number of alkyl carbamates (subject to hydrolysis) is 1. The maximum Gasteiger partial charge on any atom is 0.408 e. The summed E-state index contributed by atoms with van der Waals surface area (Å²) in [5.74, 6) is -0.345. The van der Waals surface area contributed by atoms with E-state index in [1.54, 1.807) is 20.8 Å². The molecule has 1 unspecified atom stereocenters. The molecule has 2 heterocycles. The second-order valence-electron chi connectivity index (χ2n) is 7.10. The highest BCUT2D eigenvalue weighted by atomic mass is 16.6. The van der Waals surface area contributed by atoms with E-state index in [9.17, 15) is 9.59 Å². The first-order valence-electron chi connectivity index (χ1n) is 7.84. The Labute approximate surface area is 140 Å². The Morgan fingerprint density at radius 2 is 2.17 bits per heavy atom. The standard InChI is InChI=1S/C15H24N4O5/c1-14(2,3)23-13(22)17-15(7-8-19(4)9-15)12-16-10(24-18-12)5-6-11(20)21/h5-9H2,1-4H3,(H,17,22)(H,20,21). The smallest absolute Gasteiger partial charge is 0.408 e. The zero-order valence-corrected chi connectivity index (χ0v) is 14.5. The van der Waals surface area contributed by atoms with Crippen molar-refractivity contribution in [1.82, 2.24) is 20.4 Å². The predicted octanol–water partition coefficient (Wildman–Crippen LogP) is 1.14. The zero-order chi connectivity index (χ0) is 18.0. The molecule has 1 aliphatic heterocycles. The van der Waals surface area contributed by atoms with Crippen molar-refractivity contribution in [3.05, 3.63) is 11.7 Å². The second-order valence-corrected chi connectivity index (χ2v) is 7.10. The molecular weight excluding hydrogens is 316 g/mol. The summed E-state index contributed by atoms with van der Waals surface area (Å²) in [4.78, 5) is 29.2. The highest BCUT2D eigenvalue weighted by Crippen LogP contribution is 2.30. The molecule has 0 aromatic carbocycles. The average Bonchev–Trinajstić information content (AvgIpc) is 3.02. The quantitative estimate of drug-likeness (QED) is 0.819. The number of hydrogen-bond acceptors (Lipinski definition) is 7. The summed E-state index contributed by atoms with van der Waals surface area (Å²) < 4.78 is 10.5. The predicted molar refractivity (Wildman–Crippen MR) is 83.4 cm³/mol. The van der Waals surface area contributed by atoms with Crippen molar-refractivity contribution in [3.63, 3.8) is 0 Å². The number of likely N-dealkylation sites (tertiary alicyclic amines) is 1. The molecule has 0 saturated carbocycles. The van der Waals surface area contributed by atoms with Gasteiger partial charge in [-0.2, -0.15) is 4.98 Å². The van der Waals surface area contributed by atoms with E-state index in [4.69, 9.17) is 14.4 Å². The summed E-state index contributed by atoms with van der Waals surface area (Å²) in [6.07, 6.45) is 0.129. The van der Waals surface area contributed by atoms with E-state index >= 15 is 0 Å². The van der Waals surface area contributed by atoms with Gasteiger partial charge in [0.05, 0.1) is 6.42 Å². The van der Waals surface area contributed by atoms with Crippen LogP contribution in [0.15, 0.2) is 4.52 Å². The van der Waals surface area contributed by atoms with E-state index in [0.29, 0.717) is 18.8 Å². The monoisotopic (exact) mass is 340 g/mol. The lowest BCUT2D eigenvalue weighted by atomic mass is 9.98. The van der Waals surface area contributed by atoms with Crippen molar-refractivity contribution in [2.45, 2.75) is 51.2 Å². The van der Waals surface area contributed by atoms with Gasteiger partial charge < -0.3 is 24.6 Å². The van der Waals surface area contributed by atoms with Gasteiger partial charge >= 0.3 is 12.1 Å². The van der Waals surface area contributed by atoms with E-state index in [1.807, 2.05) is 11.9 Å². The molecule has 1 aliphatic rings. The van der Waals surface area contributed by atoms with E-state index in [-0.39, 0.29) is 18.7 Å². The maximum atomic E-state index is 12.2. The molecule has 0 spiro atoms. The Morgan fingerprint density at radius 3 is 2.71 bits per heavy atom. The lowest BCUT2D eigenvalue weighted by Gasteiger charge is -2.29. The Hall–Kier alpha value is -2.16. The van der Waals surface area contributed by atoms with Crippen LogP contribution in [0.1, 0.15) is 45.3 Å². The molecule has 1 saturated heterocycles. The van der Waals surface area contributed by atoms with Gasteiger partial charge in [-0.1, -0.05) is 5.16 Å². The highest BCUT2D eigenvalue weighted by Gasteiger charge is 2.44. The van der Waals surface area contributed by atoms with Gasteiger partial charge in [0.1, 0.15) is 11.1 Å². The summed E-state index contributed by atoms with van der Waals surface area (Å²) in [6, 6.07) is 0. The molecule has 0 aliphatic carbocycles. The lowest BCUT2D eigenvalue weighted by molar-refractivity contribution is -0.137. The Bertz CT molecular complexity index is 609. The topological polar surface area (TPSA) is 118 Å². The number of carboxylic acid groups (broad SMARTS) is 1. The van der Waals surface area contributed by atoms with Crippen LogP contribution < -0.4 is 5.32 Å². The molecule has 2 rings (SSSR count). The molecular formula is C15H24N4O5. The summed E-state index contributed by atoms with van der Waals surface area (Å²) in [5, 5.41) is 15.6.